The molecule has 2 N–H and O–H groups in total. The van der Waals surface area contributed by atoms with Crippen molar-refractivity contribution in [2.45, 2.75) is 6.36 Å². The van der Waals surface area contributed by atoms with E-state index in [2.05, 4.69) is 15.4 Å². The van der Waals surface area contributed by atoms with E-state index >= 15 is 0 Å². The Hall–Kier alpha value is -3.29. The molecule has 2 aromatic carbocycles. The molecule has 0 saturated carbocycles. The Balaban J connectivity index is 1.94. The molecule has 0 atom stereocenters. The van der Waals surface area contributed by atoms with Crippen molar-refractivity contribution in [3.05, 3.63) is 65.9 Å². The Bertz CT molecular complexity index is 875. The molecule has 1 aliphatic heterocycles. The highest BCUT2D eigenvalue weighted by atomic mass is 19.4. The van der Waals surface area contributed by atoms with Crippen LogP contribution < -0.4 is 15.4 Å². The van der Waals surface area contributed by atoms with Gasteiger partial charge in [0.1, 0.15) is 0 Å². The Morgan fingerprint density at radius 3 is 2.28 bits per heavy atom. The van der Waals surface area contributed by atoms with E-state index in [0.29, 0.717) is 11.1 Å². The van der Waals surface area contributed by atoms with Crippen molar-refractivity contribution in [3.8, 4) is 5.75 Å². The molecule has 0 aliphatic carbocycles. The standard InChI is InChI=1S/C17H11F3N2O3/c18-17(19,20)25-14-8-4-3-7-13(14)21-9-12-10-5-1-2-6-11(10)15(23)22-16(12)24/h1-9,21H,(H,22,23,24). The maximum Gasteiger partial charge on any atom is 0.573 e. The fraction of sp³-hybridized carbons (Fsp3) is 0.0588. The third-order valence-electron chi connectivity index (χ3n) is 3.42. The van der Waals surface area contributed by atoms with Gasteiger partial charge in [0.15, 0.2) is 5.75 Å². The Morgan fingerprint density at radius 1 is 0.920 bits per heavy atom. The number of halogens is 3. The third kappa shape index (κ3) is 3.63. The van der Waals surface area contributed by atoms with Crippen molar-refractivity contribution >= 4 is 23.1 Å². The molecule has 128 valence electrons. The number of carbonyl (C=O) groups is 2. The van der Waals surface area contributed by atoms with E-state index < -0.39 is 23.9 Å². The highest BCUT2D eigenvalue weighted by Crippen LogP contribution is 2.31. The first-order chi connectivity index (χ1) is 11.8. The highest BCUT2D eigenvalue weighted by Gasteiger charge is 2.32. The minimum Gasteiger partial charge on any atom is -0.404 e. The molecule has 0 saturated heterocycles. The normalized spacial score (nSPS) is 15.6. The lowest BCUT2D eigenvalue weighted by molar-refractivity contribution is -0.274. The summed E-state index contributed by atoms with van der Waals surface area (Å²) in [5, 5.41) is 4.81. The molecule has 0 spiro atoms. The molecule has 0 fully saturated rings. The number of fused-ring (bicyclic) bond motifs is 1. The van der Waals surface area contributed by atoms with E-state index in [1.165, 1.54) is 24.4 Å². The first-order valence-corrected chi connectivity index (χ1v) is 7.12. The number of alkyl halides is 3. The molecule has 5 nitrogen and oxygen atoms in total. The third-order valence-corrected chi connectivity index (χ3v) is 3.42. The summed E-state index contributed by atoms with van der Waals surface area (Å²) in [6, 6.07) is 11.8. The van der Waals surface area contributed by atoms with Gasteiger partial charge in [-0.3, -0.25) is 14.9 Å². The summed E-state index contributed by atoms with van der Waals surface area (Å²) in [7, 11) is 0. The van der Waals surface area contributed by atoms with E-state index in [-0.39, 0.29) is 11.3 Å². The summed E-state index contributed by atoms with van der Waals surface area (Å²) in [4.78, 5) is 23.9. The molecule has 0 aromatic heterocycles. The first-order valence-electron chi connectivity index (χ1n) is 7.12. The topological polar surface area (TPSA) is 67.4 Å². The second-order valence-corrected chi connectivity index (χ2v) is 5.08. The summed E-state index contributed by atoms with van der Waals surface area (Å²) in [6.07, 6.45) is -3.61. The Labute approximate surface area is 140 Å². The number of benzene rings is 2. The number of nitrogens with one attached hydrogen (secondary N) is 2. The number of anilines is 1. The lowest BCUT2D eigenvalue weighted by Crippen LogP contribution is -2.36. The van der Waals surface area contributed by atoms with E-state index in [1.807, 2.05) is 0 Å². The van der Waals surface area contributed by atoms with Gasteiger partial charge in [-0.2, -0.15) is 0 Å². The number of imide groups is 1. The van der Waals surface area contributed by atoms with Gasteiger partial charge in [-0.1, -0.05) is 30.3 Å². The minimum absolute atomic E-state index is 0.0227. The smallest absolute Gasteiger partial charge is 0.404 e. The summed E-state index contributed by atoms with van der Waals surface area (Å²) >= 11 is 0. The van der Waals surface area contributed by atoms with E-state index in [9.17, 15) is 22.8 Å². The number of carbonyl (C=O) groups excluding carboxylic acids is 2. The fourth-order valence-corrected chi connectivity index (χ4v) is 2.37. The summed E-state index contributed by atoms with van der Waals surface area (Å²) < 4.78 is 41.3. The van der Waals surface area contributed by atoms with Gasteiger partial charge < -0.3 is 10.1 Å². The maximum absolute atomic E-state index is 12.5. The molecule has 8 heteroatoms. The van der Waals surface area contributed by atoms with Gasteiger partial charge in [-0.15, -0.1) is 13.2 Å². The predicted octanol–water partition coefficient (Wildman–Crippen LogP) is 3.31. The highest BCUT2D eigenvalue weighted by molar-refractivity contribution is 6.31. The lowest BCUT2D eigenvalue weighted by Gasteiger charge is -2.18. The monoisotopic (exact) mass is 348 g/mol. The van der Waals surface area contributed by atoms with Crippen molar-refractivity contribution in [3.63, 3.8) is 0 Å². The van der Waals surface area contributed by atoms with Gasteiger partial charge in [0.2, 0.25) is 0 Å². The van der Waals surface area contributed by atoms with E-state index in [1.54, 1.807) is 24.3 Å². The molecular formula is C17H11F3N2O3. The van der Waals surface area contributed by atoms with Gasteiger partial charge in [0.05, 0.1) is 11.3 Å². The van der Waals surface area contributed by atoms with Gasteiger partial charge >= 0.3 is 6.36 Å². The number of ether oxygens (including phenoxy) is 1. The number of para-hydroxylation sites is 2. The Kier molecular flexibility index (Phi) is 4.18. The summed E-state index contributed by atoms with van der Waals surface area (Å²) in [5.41, 5.74) is 0.833. The van der Waals surface area contributed by atoms with Crippen LogP contribution in [0.15, 0.2) is 54.7 Å². The molecule has 0 radical (unpaired) electrons. The summed E-state index contributed by atoms with van der Waals surface area (Å²) in [6.45, 7) is 0. The zero-order chi connectivity index (χ0) is 18.0. The van der Waals surface area contributed by atoms with Crippen LogP contribution in [0.25, 0.3) is 5.57 Å². The maximum atomic E-state index is 12.5. The number of amides is 2. The van der Waals surface area contributed by atoms with Gasteiger partial charge in [0, 0.05) is 17.3 Å². The van der Waals surface area contributed by atoms with Crippen molar-refractivity contribution in [1.29, 1.82) is 0 Å². The van der Waals surface area contributed by atoms with Crippen LogP contribution in [-0.4, -0.2) is 18.2 Å². The predicted molar refractivity (Wildman–Crippen MR) is 83.6 cm³/mol. The van der Waals surface area contributed by atoms with Crippen LogP contribution in [0, 0.1) is 0 Å². The van der Waals surface area contributed by atoms with E-state index in [0.717, 1.165) is 6.07 Å². The van der Waals surface area contributed by atoms with Crippen LogP contribution in [0.5, 0.6) is 5.75 Å². The number of hydrogen-bond acceptors (Lipinski definition) is 4. The minimum atomic E-state index is -4.84. The molecule has 2 amide bonds. The van der Waals surface area contributed by atoms with Crippen molar-refractivity contribution in [1.82, 2.24) is 5.32 Å². The zero-order valence-electron chi connectivity index (χ0n) is 12.6. The zero-order valence-corrected chi connectivity index (χ0v) is 12.6. The fourth-order valence-electron chi connectivity index (χ4n) is 2.37. The molecular weight excluding hydrogens is 337 g/mol. The molecule has 2 aromatic rings. The van der Waals surface area contributed by atoms with Gasteiger partial charge in [-0.05, 0) is 18.2 Å². The SMILES string of the molecule is O=C1NC(=O)c2ccccc2C1=CNc1ccccc1OC(F)(F)F. The largest absolute Gasteiger partial charge is 0.573 e. The average molecular weight is 348 g/mol. The van der Waals surface area contributed by atoms with Crippen LogP contribution >= 0.6 is 0 Å². The molecule has 25 heavy (non-hydrogen) atoms. The molecule has 1 aliphatic rings. The number of hydrogen-bond donors (Lipinski definition) is 2. The first kappa shape index (κ1) is 16.6. The van der Waals surface area contributed by atoms with Crippen LogP contribution in [-0.2, 0) is 4.79 Å². The quantitative estimate of drug-likeness (QED) is 0.660. The van der Waals surface area contributed by atoms with Crippen LogP contribution in [0.2, 0.25) is 0 Å². The second kappa shape index (κ2) is 6.31. The number of rotatable bonds is 3. The molecule has 0 bridgehead atoms. The van der Waals surface area contributed by atoms with Gasteiger partial charge in [-0.25, -0.2) is 0 Å². The van der Waals surface area contributed by atoms with Crippen molar-refractivity contribution in [2.75, 3.05) is 5.32 Å². The van der Waals surface area contributed by atoms with Gasteiger partial charge in [0.25, 0.3) is 11.8 Å². The lowest BCUT2D eigenvalue weighted by atomic mass is 9.96. The van der Waals surface area contributed by atoms with Crippen molar-refractivity contribution in [2.24, 2.45) is 0 Å². The summed E-state index contributed by atoms with van der Waals surface area (Å²) in [5.74, 6) is -1.61. The molecule has 0 unspecified atom stereocenters. The van der Waals surface area contributed by atoms with E-state index in [4.69, 9.17) is 0 Å². The van der Waals surface area contributed by atoms with Crippen LogP contribution in [0.3, 0.4) is 0 Å². The molecule has 3 rings (SSSR count). The Morgan fingerprint density at radius 2 is 1.56 bits per heavy atom. The van der Waals surface area contributed by atoms with Crippen LogP contribution in [0.1, 0.15) is 15.9 Å². The second-order valence-electron chi connectivity index (χ2n) is 5.08. The van der Waals surface area contributed by atoms with Crippen molar-refractivity contribution < 1.29 is 27.5 Å². The molecule has 1 heterocycles. The average Bonchev–Trinajstić information content (AvgIpc) is 2.54. The van der Waals surface area contributed by atoms with Crippen LogP contribution in [0.4, 0.5) is 18.9 Å².